The van der Waals surface area contributed by atoms with E-state index in [0.29, 0.717) is 11.3 Å². The van der Waals surface area contributed by atoms with Gasteiger partial charge in [-0.2, -0.15) is 0 Å². The number of amides is 1. The lowest BCUT2D eigenvalue weighted by atomic mass is 9.66. The van der Waals surface area contributed by atoms with E-state index in [2.05, 4.69) is 10.3 Å². The third-order valence-corrected chi connectivity index (χ3v) is 7.02. The quantitative estimate of drug-likeness (QED) is 0.689. The maximum absolute atomic E-state index is 14.1. The van der Waals surface area contributed by atoms with Gasteiger partial charge in [0.05, 0.1) is 14.2 Å². The van der Waals surface area contributed by atoms with Crippen LogP contribution in [0.2, 0.25) is 5.02 Å². The average molecular weight is 469 g/mol. The van der Waals surface area contributed by atoms with Crippen molar-refractivity contribution >= 4 is 29.1 Å². The van der Waals surface area contributed by atoms with E-state index in [1.54, 1.807) is 31.5 Å². The number of rotatable bonds is 3. The van der Waals surface area contributed by atoms with Crippen molar-refractivity contribution in [3.05, 3.63) is 58.0 Å². The van der Waals surface area contributed by atoms with E-state index in [0.717, 1.165) is 5.56 Å². The summed E-state index contributed by atoms with van der Waals surface area (Å²) in [6.45, 7) is 1.76. The minimum atomic E-state index is -1.81. The molecule has 5 rings (SSSR count). The third-order valence-electron chi connectivity index (χ3n) is 6.67. The number of halogens is 1. The first-order valence-electron chi connectivity index (χ1n) is 10.5. The summed E-state index contributed by atoms with van der Waals surface area (Å²) in [7, 11) is 2.86. The maximum atomic E-state index is 14.1. The Morgan fingerprint density at radius 2 is 1.79 bits per heavy atom. The van der Waals surface area contributed by atoms with Gasteiger partial charge in [-0.05, 0) is 24.1 Å². The summed E-state index contributed by atoms with van der Waals surface area (Å²) < 4.78 is 16.9. The highest BCUT2D eigenvalue weighted by Crippen LogP contribution is 2.55. The lowest BCUT2D eigenvalue weighted by Crippen LogP contribution is -2.59. The Morgan fingerprint density at radius 1 is 1.09 bits per heavy atom. The second-order valence-electron chi connectivity index (χ2n) is 8.38. The Balaban J connectivity index is 1.68. The number of ether oxygens (including phenoxy) is 3. The second kappa shape index (κ2) is 7.59. The number of aromatic nitrogens is 1. The van der Waals surface area contributed by atoms with Crippen molar-refractivity contribution in [2.24, 2.45) is 5.92 Å². The molecular formula is C24H21ClN2O6. The Hall–Kier alpha value is -3.39. The van der Waals surface area contributed by atoms with Crippen LogP contribution in [0.1, 0.15) is 41.6 Å². The van der Waals surface area contributed by atoms with Crippen LogP contribution in [0, 0.1) is 5.92 Å². The Bertz CT molecular complexity index is 1240. The molecule has 1 spiro atoms. The summed E-state index contributed by atoms with van der Waals surface area (Å²) in [6.07, 6.45) is 3.58. The molecule has 0 radical (unpaired) electrons. The molecule has 1 amide bonds. The summed E-state index contributed by atoms with van der Waals surface area (Å²) in [6, 6.07) is 5.04. The predicted octanol–water partition coefficient (Wildman–Crippen LogP) is 3.23. The van der Waals surface area contributed by atoms with Crippen LogP contribution in [0.5, 0.6) is 17.2 Å². The van der Waals surface area contributed by atoms with Crippen molar-refractivity contribution in [2.45, 2.75) is 31.3 Å². The molecule has 1 aliphatic carbocycles. The number of nitrogens with one attached hydrogen (secondary N) is 1. The van der Waals surface area contributed by atoms with Gasteiger partial charge in [-0.15, -0.1) is 0 Å². The van der Waals surface area contributed by atoms with Gasteiger partial charge in [0.25, 0.3) is 0 Å². The molecule has 3 aliphatic rings. The fraction of sp³-hybridized carbons (Fsp3) is 0.333. The minimum absolute atomic E-state index is 0.0717. The maximum Gasteiger partial charge on any atom is 0.236 e. The van der Waals surface area contributed by atoms with Gasteiger partial charge < -0.3 is 19.5 Å². The topological polar surface area (TPSA) is 104 Å². The fourth-order valence-corrected chi connectivity index (χ4v) is 5.33. The van der Waals surface area contributed by atoms with E-state index in [9.17, 15) is 14.4 Å². The van der Waals surface area contributed by atoms with Crippen molar-refractivity contribution in [3.8, 4) is 17.2 Å². The highest BCUT2D eigenvalue weighted by molar-refractivity contribution is 6.36. The zero-order valence-electron chi connectivity index (χ0n) is 18.2. The van der Waals surface area contributed by atoms with Crippen LogP contribution in [-0.2, 0) is 9.59 Å². The van der Waals surface area contributed by atoms with Gasteiger partial charge in [-0.1, -0.05) is 18.5 Å². The number of Topliss-reactive ketones (excluding diaryl/α,β-unsaturated/α-hetero) is 2. The second-order valence-corrected chi connectivity index (χ2v) is 8.76. The molecule has 0 saturated heterocycles. The zero-order chi connectivity index (χ0) is 23.5. The van der Waals surface area contributed by atoms with E-state index in [-0.39, 0.29) is 46.6 Å². The molecule has 2 aliphatic heterocycles. The number of hydrogen-bond acceptors (Lipinski definition) is 7. The average Bonchev–Trinajstić information content (AvgIpc) is 3.13. The molecule has 1 aromatic carbocycles. The lowest BCUT2D eigenvalue weighted by molar-refractivity contribution is -0.131. The van der Waals surface area contributed by atoms with Crippen molar-refractivity contribution in [1.29, 1.82) is 0 Å². The molecule has 1 N–H and O–H groups in total. The van der Waals surface area contributed by atoms with Gasteiger partial charge in [-0.3, -0.25) is 19.4 Å². The fourth-order valence-electron chi connectivity index (χ4n) is 5.07. The number of carbonyl (C=O) groups excluding carboxylic acids is 3. The standard InChI is InChI=1S/C24H21ClN2O6/c1-11-8-14-18(13(9-17(28)27-14)12-4-6-26-7-5-12)22(29)24(11)23(30)19-15(31-2)10-16(32-3)20(25)21(19)33-24/h4-7,10-11,13H,8-9H2,1-3H3,(H,27,28)/t11-,13?,24+/m1/s1. The molecule has 0 fully saturated rings. The van der Waals surface area contributed by atoms with Gasteiger partial charge in [-0.25, -0.2) is 0 Å². The summed E-state index contributed by atoms with van der Waals surface area (Å²) >= 11 is 6.48. The number of carbonyl (C=O) groups is 3. The van der Waals surface area contributed by atoms with E-state index < -0.39 is 29.0 Å². The molecule has 1 aromatic heterocycles. The van der Waals surface area contributed by atoms with Crippen molar-refractivity contribution in [3.63, 3.8) is 0 Å². The number of benzene rings is 1. The third kappa shape index (κ3) is 2.90. The van der Waals surface area contributed by atoms with Crippen LogP contribution in [-0.4, -0.2) is 42.3 Å². The molecule has 1 unspecified atom stereocenters. The lowest BCUT2D eigenvalue weighted by Gasteiger charge is -2.41. The molecule has 9 heteroatoms. The van der Waals surface area contributed by atoms with Gasteiger partial charge in [0.2, 0.25) is 23.1 Å². The van der Waals surface area contributed by atoms with Gasteiger partial charge in [0.15, 0.2) is 5.75 Å². The Morgan fingerprint density at radius 3 is 2.45 bits per heavy atom. The summed E-state index contributed by atoms with van der Waals surface area (Å²) in [5, 5.41) is 2.94. The van der Waals surface area contributed by atoms with Crippen molar-refractivity contribution < 1.29 is 28.6 Å². The number of pyridine rings is 1. The highest BCUT2D eigenvalue weighted by atomic mass is 35.5. The number of allylic oxidation sites excluding steroid dienone is 1. The van der Waals surface area contributed by atoms with Crippen LogP contribution in [0.4, 0.5) is 0 Å². The first kappa shape index (κ1) is 21.5. The van der Waals surface area contributed by atoms with Crippen molar-refractivity contribution in [2.75, 3.05) is 14.2 Å². The summed E-state index contributed by atoms with van der Waals surface area (Å²) in [5.41, 5.74) is -0.0163. The zero-order valence-corrected chi connectivity index (χ0v) is 19.0. The van der Waals surface area contributed by atoms with E-state index in [1.165, 1.54) is 20.3 Å². The molecule has 3 atom stereocenters. The van der Waals surface area contributed by atoms with Gasteiger partial charge in [0.1, 0.15) is 22.1 Å². The monoisotopic (exact) mass is 468 g/mol. The van der Waals surface area contributed by atoms with E-state index in [1.807, 2.05) is 0 Å². The number of hydrogen-bond donors (Lipinski definition) is 1. The number of ketones is 2. The molecule has 33 heavy (non-hydrogen) atoms. The smallest absolute Gasteiger partial charge is 0.236 e. The normalized spacial score (nSPS) is 26.0. The molecule has 170 valence electrons. The molecule has 2 aromatic rings. The molecule has 0 bridgehead atoms. The summed E-state index contributed by atoms with van der Waals surface area (Å²) in [5.74, 6) is -1.68. The summed E-state index contributed by atoms with van der Waals surface area (Å²) in [4.78, 5) is 44.5. The van der Waals surface area contributed by atoms with E-state index in [4.69, 9.17) is 25.8 Å². The van der Waals surface area contributed by atoms with Crippen LogP contribution >= 0.6 is 11.6 Å². The Labute approximate surface area is 194 Å². The number of nitrogens with zero attached hydrogens (tertiary/aromatic N) is 1. The van der Waals surface area contributed by atoms with Crippen molar-refractivity contribution in [1.82, 2.24) is 10.3 Å². The van der Waals surface area contributed by atoms with Crippen LogP contribution in [0.25, 0.3) is 0 Å². The van der Waals surface area contributed by atoms with Gasteiger partial charge in [0, 0.05) is 48.0 Å². The predicted molar refractivity (Wildman–Crippen MR) is 118 cm³/mol. The SMILES string of the molecule is COc1cc(OC)c2c(c1Cl)O[C@@]1(C(=O)C3=C(C[C@H]1C)NC(=O)CC3c1ccncc1)C2=O. The number of methoxy groups -OCH3 is 2. The van der Waals surface area contributed by atoms with Crippen LogP contribution in [0.15, 0.2) is 41.9 Å². The Kier molecular flexibility index (Phi) is 4.93. The first-order valence-corrected chi connectivity index (χ1v) is 10.9. The van der Waals surface area contributed by atoms with Crippen LogP contribution in [0.3, 0.4) is 0 Å². The molecule has 0 saturated carbocycles. The number of fused-ring (bicyclic) bond motifs is 1. The van der Waals surface area contributed by atoms with Crippen LogP contribution < -0.4 is 19.5 Å². The van der Waals surface area contributed by atoms with Gasteiger partial charge >= 0.3 is 0 Å². The highest BCUT2D eigenvalue weighted by Gasteiger charge is 2.63. The minimum Gasteiger partial charge on any atom is -0.496 e. The largest absolute Gasteiger partial charge is 0.496 e. The molecular weight excluding hydrogens is 448 g/mol. The van der Waals surface area contributed by atoms with E-state index >= 15 is 0 Å². The molecule has 8 nitrogen and oxygen atoms in total. The first-order chi connectivity index (χ1) is 15.8. The molecule has 3 heterocycles.